The van der Waals surface area contributed by atoms with Crippen LogP contribution >= 0.6 is 11.6 Å². The van der Waals surface area contributed by atoms with Crippen molar-refractivity contribution in [1.29, 1.82) is 0 Å². The summed E-state index contributed by atoms with van der Waals surface area (Å²) in [6.07, 6.45) is -0.695. The summed E-state index contributed by atoms with van der Waals surface area (Å²) >= 11 is 6.01. The first-order valence-electron chi connectivity index (χ1n) is 9.53. The summed E-state index contributed by atoms with van der Waals surface area (Å²) in [5, 5.41) is 14.4. The van der Waals surface area contributed by atoms with Crippen molar-refractivity contribution in [3.8, 4) is 0 Å². The third kappa shape index (κ3) is 4.62. The Kier molecular flexibility index (Phi) is 6.01. The van der Waals surface area contributed by atoms with E-state index in [1.54, 1.807) is 31.2 Å². The number of ether oxygens (including phenoxy) is 1. The Hall–Kier alpha value is -2.37. The van der Waals surface area contributed by atoms with E-state index in [4.69, 9.17) is 21.2 Å². The number of nitrogens with zero attached hydrogens (tertiary/aromatic N) is 1. The highest BCUT2D eigenvalue weighted by Crippen LogP contribution is 2.40. The van der Waals surface area contributed by atoms with Crippen molar-refractivity contribution in [2.24, 2.45) is 5.16 Å². The van der Waals surface area contributed by atoms with Crippen LogP contribution in [0.15, 0.2) is 53.7 Å². The van der Waals surface area contributed by atoms with Gasteiger partial charge >= 0.3 is 5.97 Å². The van der Waals surface area contributed by atoms with E-state index in [1.807, 2.05) is 12.1 Å². The summed E-state index contributed by atoms with van der Waals surface area (Å²) in [7, 11) is 0. The Morgan fingerprint density at radius 3 is 2.31 bits per heavy atom. The van der Waals surface area contributed by atoms with Gasteiger partial charge in [-0.1, -0.05) is 73.9 Å². The molecule has 0 radical (unpaired) electrons. The van der Waals surface area contributed by atoms with Crippen LogP contribution in [-0.4, -0.2) is 22.4 Å². The quantitative estimate of drug-likeness (QED) is 0.674. The van der Waals surface area contributed by atoms with Crippen molar-refractivity contribution in [2.45, 2.75) is 57.8 Å². The number of hydrogen-bond acceptors (Lipinski definition) is 4. The molecule has 1 aliphatic heterocycles. The molecule has 0 amide bonds. The molecule has 154 valence electrons. The van der Waals surface area contributed by atoms with Crippen LogP contribution in [0, 0.1) is 0 Å². The Balaban J connectivity index is 1.88. The van der Waals surface area contributed by atoms with Crippen LogP contribution in [0.2, 0.25) is 5.02 Å². The van der Waals surface area contributed by atoms with E-state index in [2.05, 4.69) is 38.1 Å². The number of carboxylic acid groups (broad SMARTS) is 1. The molecule has 29 heavy (non-hydrogen) atoms. The standard InChI is InChI=1S/C23H26ClNO4/c1-15-13-23(21(26)27,29-25-15)20(17-7-11-19(24)12-8-17)28-14-16-5-9-18(10-6-16)22(2,3)4/h5-12,20H,13-14H2,1-4H3,(H,26,27). The van der Waals surface area contributed by atoms with Gasteiger partial charge in [0.2, 0.25) is 0 Å². The van der Waals surface area contributed by atoms with Crippen LogP contribution in [0.25, 0.3) is 0 Å². The second-order valence-corrected chi connectivity index (χ2v) is 8.92. The van der Waals surface area contributed by atoms with Gasteiger partial charge in [-0.15, -0.1) is 0 Å². The zero-order valence-electron chi connectivity index (χ0n) is 17.1. The normalized spacial score (nSPS) is 20.1. The summed E-state index contributed by atoms with van der Waals surface area (Å²) in [5.74, 6) is -1.11. The fourth-order valence-corrected chi connectivity index (χ4v) is 3.52. The number of rotatable bonds is 6. The number of halogens is 1. The van der Waals surface area contributed by atoms with Crippen molar-refractivity contribution in [3.05, 3.63) is 70.2 Å². The van der Waals surface area contributed by atoms with E-state index < -0.39 is 17.7 Å². The van der Waals surface area contributed by atoms with Crippen LogP contribution in [-0.2, 0) is 26.4 Å². The van der Waals surface area contributed by atoms with Crippen molar-refractivity contribution in [3.63, 3.8) is 0 Å². The number of hydrogen-bond donors (Lipinski definition) is 1. The molecule has 0 saturated heterocycles. The third-order valence-corrected chi connectivity index (χ3v) is 5.33. The monoisotopic (exact) mass is 415 g/mol. The molecule has 2 aromatic carbocycles. The van der Waals surface area contributed by atoms with Crippen LogP contribution in [0.1, 0.15) is 56.9 Å². The molecule has 0 spiro atoms. The minimum Gasteiger partial charge on any atom is -0.478 e. The number of carboxylic acids is 1. The topological polar surface area (TPSA) is 68.1 Å². The van der Waals surface area contributed by atoms with E-state index in [1.165, 1.54) is 5.56 Å². The Morgan fingerprint density at radius 1 is 1.21 bits per heavy atom. The van der Waals surface area contributed by atoms with Gasteiger partial charge in [0.15, 0.2) is 0 Å². The van der Waals surface area contributed by atoms with Crippen molar-refractivity contribution in [2.75, 3.05) is 0 Å². The maximum absolute atomic E-state index is 12.2. The lowest BCUT2D eigenvalue weighted by atomic mass is 9.86. The van der Waals surface area contributed by atoms with Gasteiger partial charge in [-0.05, 0) is 41.2 Å². The zero-order chi connectivity index (χ0) is 21.2. The highest BCUT2D eigenvalue weighted by atomic mass is 35.5. The first kappa shape index (κ1) is 21.3. The highest BCUT2D eigenvalue weighted by molar-refractivity contribution is 6.30. The lowest BCUT2D eigenvalue weighted by Crippen LogP contribution is -2.45. The summed E-state index contributed by atoms with van der Waals surface area (Å²) in [4.78, 5) is 17.7. The van der Waals surface area contributed by atoms with Crippen LogP contribution in [0.4, 0.5) is 0 Å². The van der Waals surface area contributed by atoms with Crippen LogP contribution < -0.4 is 0 Å². The van der Waals surface area contributed by atoms with E-state index in [9.17, 15) is 9.90 Å². The second kappa shape index (κ2) is 8.17. The molecule has 2 unspecified atom stereocenters. The van der Waals surface area contributed by atoms with Gasteiger partial charge in [-0.2, -0.15) is 0 Å². The molecule has 0 bridgehead atoms. The molecular weight excluding hydrogens is 390 g/mol. The molecule has 2 atom stereocenters. The molecule has 0 saturated carbocycles. The number of aliphatic carboxylic acids is 1. The SMILES string of the molecule is CC1=NOC(C(=O)O)(C(OCc2ccc(C(C)(C)C)cc2)c2ccc(Cl)cc2)C1. The maximum Gasteiger partial charge on any atom is 0.354 e. The van der Waals surface area contributed by atoms with Gasteiger partial charge in [-0.3, -0.25) is 0 Å². The summed E-state index contributed by atoms with van der Waals surface area (Å²) in [5.41, 5.74) is 1.92. The molecule has 3 rings (SSSR count). The largest absolute Gasteiger partial charge is 0.478 e. The predicted molar refractivity (Wildman–Crippen MR) is 113 cm³/mol. The summed E-state index contributed by atoms with van der Waals surface area (Å²) in [6.45, 7) is 8.46. The Bertz CT molecular complexity index is 900. The first-order chi connectivity index (χ1) is 13.6. The molecular formula is C23H26ClNO4. The average Bonchev–Trinajstić information content (AvgIpc) is 3.06. The van der Waals surface area contributed by atoms with Gasteiger partial charge in [-0.25, -0.2) is 4.79 Å². The van der Waals surface area contributed by atoms with Gasteiger partial charge in [0.1, 0.15) is 6.10 Å². The first-order valence-corrected chi connectivity index (χ1v) is 9.91. The molecule has 1 aliphatic rings. The molecule has 0 aliphatic carbocycles. The van der Waals surface area contributed by atoms with E-state index in [-0.39, 0.29) is 18.4 Å². The maximum atomic E-state index is 12.2. The van der Waals surface area contributed by atoms with Gasteiger partial charge in [0.25, 0.3) is 5.60 Å². The minimum atomic E-state index is -1.61. The van der Waals surface area contributed by atoms with E-state index in [0.29, 0.717) is 16.3 Å². The molecule has 1 heterocycles. The Labute approximate surface area is 176 Å². The molecule has 6 heteroatoms. The molecule has 0 aromatic heterocycles. The van der Waals surface area contributed by atoms with Crippen molar-refractivity contribution in [1.82, 2.24) is 0 Å². The van der Waals surface area contributed by atoms with Gasteiger partial charge < -0.3 is 14.7 Å². The number of benzene rings is 2. The molecule has 5 nitrogen and oxygen atoms in total. The smallest absolute Gasteiger partial charge is 0.354 e. The van der Waals surface area contributed by atoms with Gasteiger partial charge in [0.05, 0.1) is 12.3 Å². The minimum absolute atomic E-state index is 0.0607. The highest BCUT2D eigenvalue weighted by Gasteiger charge is 2.54. The molecule has 2 aromatic rings. The lowest BCUT2D eigenvalue weighted by Gasteiger charge is -2.31. The third-order valence-electron chi connectivity index (χ3n) is 5.08. The lowest BCUT2D eigenvalue weighted by molar-refractivity contribution is -0.187. The second-order valence-electron chi connectivity index (χ2n) is 8.48. The van der Waals surface area contributed by atoms with Gasteiger partial charge in [0, 0.05) is 11.4 Å². The molecule has 0 fully saturated rings. The fourth-order valence-electron chi connectivity index (χ4n) is 3.39. The van der Waals surface area contributed by atoms with Crippen molar-refractivity contribution < 1.29 is 19.5 Å². The number of oxime groups is 1. The average molecular weight is 416 g/mol. The number of carbonyl (C=O) groups is 1. The fraction of sp³-hybridized carbons (Fsp3) is 0.391. The Morgan fingerprint density at radius 2 is 1.83 bits per heavy atom. The predicted octanol–water partition coefficient (Wildman–Crippen LogP) is 5.52. The van der Waals surface area contributed by atoms with Crippen molar-refractivity contribution >= 4 is 23.3 Å². The molecule has 1 N–H and O–H groups in total. The van der Waals surface area contributed by atoms with E-state index >= 15 is 0 Å². The van der Waals surface area contributed by atoms with E-state index in [0.717, 1.165) is 5.56 Å². The van der Waals surface area contributed by atoms with Crippen LogP contribution in [0.3, 0.4) is 0 Å². The summed E-state index contributed by atoms with van der Waals surface area (Å²) < 4.78 is 6.15. The zero-order valence-corrected chi connectivity index (χ0v) is 17.9. The summed E-state index contributed by atoms with van der Waals surface area (Å²) in [6, 6.07) is 15.1. The van der Waals surface area contributed by atoms with Crippen LogP contribution in [0.5, 0.6) is 0 Å².